The molecule has 0 aromatic heterocycles. The van der Waals surface area contributed by atoms with Crippen LogP contribution in [0.1, 0.15) is 6.42 Å². The van der Waals surface area contributed by atoms with Crippen LogP contribution in [0.5, 0.6) is 0 Å². The SMILES string of the molecule is C=CCC(=C)[O-]. The first kappa shape index (κ1) is 5.28. The zero-order valence-corrected chi connectivity index (χ0v) is 3.61. The fourth-order valence-corrected chi connectivity index (χ4v) is 0.161. The van der Waals surface area contributed by atoms with E-state index in [1.807, 2.05) is 0 Å². The van der Waals surface area contributed by atoms with Crippen molar-refractivity contribution in [3.05, 3.63) is 25.0 Å². The van der Waals surface area contributed by atoms with Crippen molar-refractivity contribution in [2.75, 3.05) is 0 Å². The van der Waals surface area contributed by atoms with E-state index in [1.165, 1.54) is 6.08 Å². The molecular formula is C5H7O-. The fraction of sp³-hybridized carbons (Fsp3) is 0.200. The van der Waals surface area contributed by atoms with Crippen LogP contribution in [-0.2, 0) is 0 Å². The quantitative estimate of drug-likeness (QED) is 0.351. The van der Waals surface area contributed by atoms with Gasteiger partial charge in [-0.2, -0.15) is 0 Å². The fourth-order valence-electron chi connectivity index (χ4n) is 0.161. The lowest BCUT2D eigenvalue weighted by atomic mass is 10.4. The van der Waals surface area contributed by atoms with E-state index < -0.39 is 0 Å². The second kappa shape index (κ2) is 2.51. The van der Waals surface area contributed by atoms with Crippen LogP contribution < -0.4 is 5.11 Å². The molecule has 0 fully saturated rings. The Morgan fingerprint density at radius 3 is 2.33 bits per heavy atom. The van der Waals surface area contributed by atoms with Crippen LogP contribution in [-0.4, -0.2) is 0 Å². The first-order chi connectivity index (χ1) is 2.77. The van der Waals surface area contributed by atoms with Gasteiger partial charge >= 0.3 is 0 Å². The standard InChI is InChI=1S/C5H8O/c1-3-4-5(2)6/h3,6H,1-2,4H2/p-1. The smallest absolute Gasteiger partial charge is 0.0250 e. The molecule has 0 heterocycles. The normalized spacial score (nSPS) is 7.33. The van der Waals surface area contributed by atoms with E-state index in [2.05, 4.69) is 13.2 Å². The Hall–Kier alpha value is -0.720. The molecule has 0 saturated carbocycles. The molecule has 34 valence electrons. The van der Waals surface area contributed by atoms with E-state index in [-0.39, 0.29) is 5.76 Å². The third-order valence-corrected chi connectivity index (χ3v) is 0.372. The van der Waals surface area contributed by atoms with Crippen molar-refractivity contribution in [3.8, 4) is 0 Å². The van der Waals surface area contributed by atoms with Crippen LogP contribution in [0.3, 0.4) is 0 Å². The third kappa shape index (κ3) is 3.28. The van der Waals surface area contributed by atoms with Crippen LogP contribution in [0.15, 0.2) is 25.0 Å². The average Bonchev–Trinajstić information content (AvgIpc) is 1.35. The molecule has 1 nitrogen and oxygen atoms in total. The minimum atomic E-state index is -0.0787. The second-order valence-corrected chi connectivity index (χ2v) is 1.03. The molecule has 0 aliphatic heterocycles. The monoisotopic (exact) mass is 83.1 g/mol. The summed E-state index contributed by atoms with van der Waals surface area (Å²) in [6.45, 7) is 6.46. The number of hydrogen-bond acceptors (Lipinski definition) is 1. The van der Waals surface area contributed by atoms with E-state index >= 15 is 0 Å². The summed E-state index contributed by atoms with van der Waals surface area (Å²) >= 11 is 0. The van der Waals surface area contributed by atoms with Gasteiger partial charge in [0.25, 0.3) is 0 Å². The molecule has 0 aliphatic rings. The number of rotatable bonds is 2. The molecule has 0 aromatic rings. The van der Waals surface area contributed by atoms with E-state index in [4.69, 9.17) is 0 Å². The van der Waals surface area contributed by atoms with Gasteiger partial charge in [-0.3, -0.25) is 0 Å². The first-order valence-electron chi connectivity index (χ1n) is 1.73. The lowest BCUT2D eigenvalue weighted by Crippen LogP contribution is -1.98. The second-order valence-electron chi connectivity index (χ2n) is 1.03. The largest absolute Gasteiger partial charge is 0.876 e. The van der Waals surface area contributed by atoms with Crippen molar-refractivity contribution >= 4 is 0 Å². The summed E-state index contributed by atoms with van der Waals surface area (Å²) in [6.07, 6.45) is 1.93. The molecule has 0 spiro atoms. The molecule has 0 aromatic carbocycles. The highest BCUT2D eigenvalue weighted by molar-refractivity contribution is 4.85. The van der Waals surface area contributed by atoms with Crippen molar-refractivity contribution in [2.45, 2.75) is 6.42 Å². The Morgan fingerprint density at radius 2 is 2.33 bits per heavy atom. The topological polar surface area (TPSA) is 23.1 Å². The Labute approximate surface area is 37.6 Å². The van der Waals surface area contributed by atoms with Crippen molar-refractivity contribution in [3.63, 3.8) is 0 Å². The molecule has 0 aliphatic carbocycles. The van der Waals surface area contributed by atoms with E-state index in [0.29, 0.717) is 6.42 Å². The van der Waals surface area contributed by atoms with E-state index in [9.17, 15) is 5.11 Å². The van der Waals surface area contributed by atoms with Gasteiger partial charge in [-0.05, 0) is 6.42 Å². The van der Waals surface area contributed by atoms with Crippen molar-refractivity contribution in [1.29, 1.82) is 0 Å². The highest BCUT2D eigenvalue weighted by Gasteiger charge is 1.62. The molecule has 0 atom stereocenters. The number of allylic oxidation sites excluding steroid dienone is 1. The zero-order valence-electron chi connectivity index (χ0n) is 3.61. The Balaban J connectivity index is 3.05. The lowest BCUT2D eigenvalue weighted by molar-refractivity contribution is -0.304. The molecule has 0 N–H and O–H groups in total. The summed E-state index contributed by atoms with van der Waals surface area (Å²) in [5.41, 5.74) is 0. The van der Waals surface area contributed by atoms with Crippen LogP contribution in [0.25, 0.3) is 0 Å². The van der Waals surface area contributed by atoms with E-state index in [1.54, 1.807) is 0 Å². The Morgan fingerprint density at radius 1 is 1.83 bits per heavy atom. The van der Waals surface area contributed by atoms with Gasteiger partial charge in [0, 0.05) is 0 Å². The maximum atomic E-state index is 9.86. The highest BCUT2D eigenvalue weighted by Crippen LogP contribution is 1.83. The average molecular weight is 83.1 g/mol. The summed E-state index contributed by atoms with van der Waals surface area (Å²) in [7, 11) is 0. The van der Waals surface area contributed by atoms with Gasteiger partial charge in [-0.1, -0.05) is 6.08 Å². The van der Waals surface area contributed by atoms with Gasteiger partial charge in [0.05, 0.1) is 0 Å². The van der Waals surface area contributed by atoms with Crippen LogP contribution in [0.4, 0.5) is 0 Å². The summed E-state index contributed by atoms with van der Waals surface area (Å²) in [6, 6.07) is 0. The van der Waals surface area contributed by atoms with Crippen molar-refractivity contribution in [2.24, 2.45) is 0 Å². The summed E-state index contributed by atoms with van der Waals surface area (Å²) in [5.74, 6) is -0.0787. The first-order valence-corrected chi connectivity index (χ1v) is 1.73. The molecular weight excluding hydrogens is 76.1 g/mol. The Kier molecular flexibility index (Phi) is 2.21. The number of hydrogen-bond donors (Lipinski definition) is 0. The van der Waals surface area contributed by atoms with Crippen LogP contribution in [0.2, 0.25) is 0 Å². The predicted molar refractivity (Wildman–Crippen MR) is 24.0 cm³/mol. The lowest BCUT2D eigenvalue weighted by Gasteiger charge is -2.01. The van der Waals surface area contributed by atoms with Gasteiger partial charge in [0.2, 0.25) is 0 Å². The van der Waals surface area contributed by atoms with Gasteiger partial charge in [0.15, 0.2) is 0 Å². The van der Waals surface area contributed by atoms with Gasteiger partial charge in [0.1, 0.15) is 0 Å². The predicted octanol–water partition coefficient (Wildman–Crippen LogP) is 0.436. The zero-order chi connectivity index (χ0) is 4.99. The van der Waals surface area contributed by atoms with Gasteiger partial charge < -0.3 is 5.11 Å². The molecule has 0 radical (unpaired) electrons. The molecule has 0 saturated heterocycles. The summed E-state index contributed by atoms with van der Waals surface area (Å²) in [5, 5.41) is 9.86. The van der Waals surface area contributed by atoms with Crippen molar-refractivity contribution < 1.29 is 5.11 Å². The molecule has 1 heteroatoms. The minimum absolute atomic E-state index is 0.0787. The third-order valence-electron chi connectivity index (χ3n) is 0.372. The summed E-state index contributed by atoms with van der Waals surface area (Å²) in [4.78, 5) is 0. The molecule has 0 bridgehead atoms. The van der Waals surface area contributed by atoms with E-state index in [0.717, 1.165) is 0 Å². The van der Waals surface area contributed by atoms with Gasteiger partial charge in [-0.25, -0.2) is 0 Å². The molecule has 0 unspecified atom stereocenters. The molecule has 6 heavy (non-hydrogen) atoms. The van der Waals surface area contributed by atoms with Crippen molar-refractivity contribution in [1.82, 2.24) is 0 Å². The maximum Gasteiger partial charge on any atom is -0.0250 e. The minimum Gasteiger partial charge on any atom is -0.876 e. The van der Waals surface area contributed by atoms with Crippen LogP contribution >= 0.6 is 0 Å². The molecule has 0 rings (SSSR count). The Bertz CT molecular complexity index is 64.3. The van der Waals surface area contributed by atoms with Gasteiger partial charge in [-0.15, -0.1) is 18.9 Å². The highest BCUT2D eigenvalue weighted by atomic mass is 16.3. The maximum absolute atomic E-state index is 9.86. The van der Waals surface area contributed by atoms with Crippen LogP contribution in [0, 0.1) is 0 Å². The molecule has 0 amide bonds. The summed E-state index contributed by atoms with van der Waals surface area (Å²) < 4.78 is 0.